The molecule has 2 N–H and O–H groups in total. The average molecular weight is 393 g/mol. The van der Waals surface area contributed by atoms with Crippen molar-refractivity contribution < 1.29 is 4.42 Å². The molecular weight excluding hydrogens is 364 g/mol. The third kappa shape index (κ3) is 5.99. The summed E-state index contributed by atoms with van der Waals surface area (Å²) in [7, 11) is 0. The summed E-state index contributed by atoms with van der Waals surface area (Å²) in [6.45, 7) is 3.86. The Labute approximate surface area is 164 Å². The van der Waals surface area contributed by atoms with Crippen LogP contribution in [0.3, 0.4) is 0 Å². The first-order valence-corrected chi connectivity index (χ1v) is 11.5. The molecule has 2 aromatic rings. The maximum Gasteiger partial charge on any atom is 0.191 e. The van der Waals surface area contributed by atoms with Crippen molar-refractivity contribution in [1.29, 1.82) is 0 Å². The summed E-state index contributed by atoms with van der Waals surface area (Å²) in [5, 5.41) is 10.6. The maximum atomic E-state index is 5.40. The zero-order valence-corrected chi connectivity index (χ0v) is 17.0. The third-order valence-electron chi connectivity index (χ3n) is 4.46. The fourth-order valence-corrected chi connectivity index (χ4v) is 4.11. The number of hydrogen-bond acceptors (Lipinski definition) is 5. The van der Waals surface area contributed by atoms with Crippen molar-refractivity contribution in [1.82, 2.24) is 10.6 Å². The van der Waals surface area contributed by atoms with Crippen LogP contribution in [0.4, 0.5) is 5.00 Å². The largest absolute Gasteiger partial charge is 0.469 e. The number of furan rings is 1. The molecule has 0 unspecified atom stereocenters. The number of nitrogens with one attached hydrogen (secondary N) is 2. The van der Waals surface area contributed by atoms with E-state index >= 15 is 0 Å². The van der Waals surface area contributed by atoms with Gasteiger partial charge >= 0.3 is 0 Å². The SMILES string of the molecule is CSCCN=C(NCCc1ccco1)NC1CCN(c2cccs2)CC1. The second kappa shape index (κ2) is 10.5. The summed E-state index contributed by atoms with van der Waals surface area (Å²) < 4.78 is 5.40. The molecule has 0 saturated carbocycles. The number of aliphatic imine (C=N–C) groups is 1. The Balaban J connectivity index is 1.46. The van der Waals surface area contributed by atoms with E-state index < -0.39 is 0 Å². The second-order valence-corrected chi connectivity index (χ2v) is 8.25. The van der Waals surface area contributed by atoms with E-state index in [0.29, 0.717) is 6.04 Å². The highest BCUT2D eigenvalue weighted by Gasteiger charge is 2.20. The van der Waals surface area contributed by atoms with Gasteiger partial charge in [-0.25, -0.2) is 0 Å². The van der Waals surface area contributed by atoms with Crippen LogP contribution in [0, 0.1) is 0 Å². The highest BCUT2D eigenvalue weighted by Crippen LogP contribution is 2.24. The Hall–Kier alpha value is -1.60. The summed E-state index contributed by atoms with van der Waals surface area (Å²) in [6, 6.07) is 8.77. The lowest BCUT2D eigenvalue weighted by atomic mass is 10.1. The summed E-state index contributed by atoms with van der Waals surface area (Å²) in [6.07, 6.45) is 6.99. The fraction of sp³-hybridized carbons (Fsp3) is 0.526. The lowest BCUT2D eigenvalue weighted by Gasteiger charge is -2.33. The quantitative estimate of drug-likeness (QED) is 0.409. The molecule has 2 aromatic heterocycles. The van der Waals surface area contributed by atoms with Gasteiger partial charge in [-0.3, -0.25) is 4.99 Å². The fourth-order valence-electron chi connectivity index (χ4n) is 3.05. The van der Waals surface area contributed by atoms with Crippen molar-refractivity contribution in [2.24, 2.45) is 4.99 Å². The second-order valence-electron chi connectivity index (χ2n) is 6.34. The molecule has 26 heavy (non-hydrogen) atoms. The van der Waals surface area contributed by atoms with E-state index in [1.807, 2.05) is 35.2 Å². The minimum Gasteiger partial charge on any atom is -0.469 e. The van der Waals surface area contributed by atoms with E-state index in [-0.39, 0.29) is 0 Å². The smallest absolute Gasteiger partial charge is 0.191 e. The van der Waals surface area contributed by atoms with Gasteiger partial charge in [0, 0.05) is 37.8 Å². The van der Waals surface area contributed by atoms with Crippen molar-refractivity contribution in [2.75, 3.05) is 43.1 Å². The monoisotopic (exact) mass is 392 g/mol. The van der Waals surface area contributed by atoms with Gasteiger partial charge in [-0.15, -0.1) is 11.3 Å². The zero-order valence-electron chi connectivity index (χ0n) is 15.3. The van der Waals surface area contributed by atoms with Crippen LogP contribution in [0.5, 0.6) is 0 Å². The number of nitrogens with zero attached hydrogens (tertiary/aromatic N) is 2. The van der Waals surface area contributed by atoms with Crippen LogP contribution >= 0.6 is 23.1 Å². The molecule has 0 radical (unpaired) electrons. The number of hydrogen-bond donors (Lipinski definition) is 2. The molecule has 7 heteroatoms. The van der Waals surface area contributed by atoms with E-state index in [0.717, 1.165) is 62.9 Å². The summed E-state index contributed by atoms with van der Waals surface area (Å²) >= 11 is 3.65. The van der Waals surface area contributed by atoms with Crippen LogP contribution < -0.4 is 15.5 Å². The van der Waals surface area contributed by atoms with Crippen molar-refractivity contribution in [3.8, 4) is 0 Å². The number of thioether (sulfide) groups is 1. The molecule has 1 saturated heterocycles. The first kappa shape index (κ1) is 19.2. The Bertz CT molecular complexity index is 635. The first-order valence-electron chi connectivity index (χ1n) is 9.20. The van der Waals surface area contributed by atoms with Gasteiger partial charge in [-0.05, 0) is 48.7 Å². The predicted molar refractivity (Wildman–Crippen MR) is 114 cm³/mol. The minimum atomic E-state index is 0.482. The molecular formula is C19H28N4OS2. The van der Waals surface area contributed by atoms with Crippen LogP contribution in [0.25, 0.3) is 0 Å². The van der Waals surface area contributed by atoms with E-state index in [4.69, 9.17) is 9.41 Å². The summed E-state index contributed by atoms with van der Waals surface area (Å²) in [4.78, 5) is 7.21. The van der Waals surface area contributed by atoms with Gasteiger partial charge in [0.05, 0.1) is 17.8 Å². The molecule has 0 spiro atoms. The average Bonchev–Trinajstić information content (AvgIpc) is 3.36. The number of anilines is 1. The third-order valence-corrected chi connectivity index (χ3v) is 5.98. The zero-order chi connectivity index (χ0) is 18.0. The van der Waals surface area contributed by atoms with Gasteiger partial charge in [-0.1, -0.05) is 0 Å². The van der Waals surface area contributed by atoms with Crippen LogP contribution in [0.1, 0.15) is 18.6 Å². The highest BCUT2D eigenvalue weighted by molar-refractivity contribution is 7.98. The van der Waals surface area contributed by atoms with Gasteiger partial charge in [-0.2, -0.15) is 11.8 Å². The Morgan fingerprint density at radius 3 is 2.92 bits per heavy atom. The molecule has 0 aromatic carbocycles. The summed E-state index contributed by atoms with van der Waals surface area (Å²) in [5.41, 5.74) is 0. The van der Waals surface area contributed by atoms with Crippen LogP contribution in [-0.2, 0) is 6.42 Å². The van der Waals surface area contributed by atoms with Gasteiger partial charge in [0.25, 0.3) is 0 Å². The number of rotatable bonds is 8. The van der Waals surface area contributed by atoms with Gasteiger partial charge in [0.1, 0.15) is 5.76 Å². The Morgan fingerprint density at radius 2 is 2.23 bits per heavy atom. The van der Waals surface area contributed by atoms with Gasteiger partial charge < -0.3 is 20.0 Å². The Kier molecular flexibility index (Phi) is 7.76. The van der Waals surface area contributed by atoms with E-state index in [1.165, 1.54) is 5.00 Å². The predicted octanol–water partition coefficient (Wildman–Crippen LogP) is 3.45. The highest BCUT2D eigenvalue weighted by atomic mass is 32.2. The number of thiophene rings is 1. The van der Waals surface area contributed by atoms with Crippen LogP contribution in [-0.4, -0.2) is 50.2 Å². The van der Waals surface area contributed by atoms with E-state index in [2.05, 4.69) is 39.3 Å². The van der Waals surface area contributed by atoms with Gasteiger partial charge in [0.15, 0.2) is 5.96 Å². The lowest BCUT2D eigenvalue weighted by molar-refractivity contribution is 0.461. The first-order chi connectivity index (χ1) is 12.8. The van der Waals surface area contributed by atoms with E-state index in [9.17, 15) is 0 Å². The molecule has 0 bridgehead atoms. The van der Waals surface area contributed by atoms with Crippen molar-refractivity contribution in [3.05, 3.63) is 41.7 Å². The minimum absolute atomic E-state index is 0.482. The molecule has 1 aliphatic heterocycles. The molecule has 142 valence electrons. The summed E-state index contributed by atoms with van der Waals surface area (Å²) in [5.74, 6) is 2.98. The molecule has 0 amide bonds. The van der Waals surface area contributed by atoms with Crippen molar-refractivity contribution in [2.45, 2.75) is 25.3 Å². The maximum absolute atomic E-state index is 5.40. The standard InChI is InChI=1S/C19H28N4OS2/c1-25-15-10-21-19(20-9-6-17-4-2-13-24-17)22-16-7-11-23(12-8-16)18-5-3-14-26-18/h2-5,13-14,16H,6-12,15H2,1H3,(H2,20,21,22). The topological polar surface area (TPSA) is 52.8 Å². The van der Waals surface area contributed by atoms with E-state index in [1.54, 1.807) is 6.26 Å². The molecule has 0 atom stereocenters. The van der Waals surface area contributed by atoms with Crippen molar-refractivity contribution in [3.63, 3.8) is 0 Å². The molecule has 1 aliphatic rings. The number of piperidine rings is 1. The van der Waals surface area contributed by atoms with Gasteiger partial charge in [0.2, 0.25) is 0 Å². The molecule has 3 heterocycles. The van der Waals surface area contributed by atoms with Crippen LogP contribution in [0.2, 0.25) is 0 Å². The van der Waals surface area contributed by atoms with Crippen LogP contribution in [0.15, 0.2) is 45.3 Å². The number of guanidine groups is 1. The lowest BCUT2D eigenvalue weighted by Crippen LogP contribution is -2.49. The molecule has 1 fully saturated rings. The molecule has 3 rings (SSSR count). The molecule has 0 aliphatic carbocycles. The normalized spacial score (nSPS) is 16.0. The van der Waals surface area contributed by atoms with Crippen molar-refractivity contribution >= 4 is 34.1 Å². The molecule has 5 nitrogen and oxygen atoms in total. The Morgan fingerprint density at radius 1 is 1.35 bits per heavy atom.